The molecule has 0 saturated carbocycles. The van der Waals surface area contributed by atoms with Gasteiger partial charge in [0.15, 0.2) is 0 Å². The standard InChI is InChI=1S/C16H21NO4/c1-21-14-8-10-17(11-9-14)15(18)7-4-12-2-5-13(6-3-12)16(19)20/h2-3,5-6,14H,4,7-11H2,1H3,(H,19,20). The lowest BCUT2D eigenvalue weighted by atomic mass is 10.0. The molecule has 1 aliphatic rings. The number of aromatic carboxylic acids is 1. The lowest BCUT2D eigenvalue weighted by molar-refractivity contribution is -0.133. The second-order valence-corrected chi connectivity index (χ2v) is 5.32. The number of likely N-dealkylation sites (tertiary alicyclic amines) is 1. The summed E-state index contributed by atoms with van der Waals surface area (Å²) in [5.41, 5.74) is 1.26. The highest BCUT2D eigenvalue weighted by Gasteiger charge is 2.22. The third-order valence-electron chi connectivity index (χ3n) is 3.96. The first kappa shape index (κ1) is 15.5. The van der Waals surface area contributed by atoms with E-state index in [9.17, 15) is 9.59 Å². The highest BCUT2D eigenvalue weighted by Crippen LogP contribution is 2.15. The molecule has 5 nitrogen and oxygen atoms in total. The summed E-state index contributed by atoms with van der Waals surface area (Å²) in [5.74, 6) is -0.773. The second kappa shape index (κ2) is 7.22. The first-order valence-electron chi connectivity index (χ1n) is 7.23. The van der Waals surface area contributed by atoms with Gasteiger partial charge in [0, 0.05) is 26.6 Å². The van der Waals surface area contributed by atoms with Crippen molar-refractivity contribution in [2.24, 2.45) is 0 Å². The van der Waals surface area contributed by atoms with Crippen LogP contribution >= 0.6 is 0 Å². The van der Waals surface area contributed by atoms with Gasteiger partial charge in [-0.05, 0) is 37.0 Å². The highest BCUT2D eigenvalue weighted by atomic mass is 16.5. The first-order valence-corrected chi connectivity index (χ1v) is 7.23. The molecule has 1 heterocycles. The molecule has 0 atom stereocenters. The number of methoxy groups -OCH3 is 1. The summed E-state index contributed by atoms with van der Waals surface area (Å²) < 4.78 is 5.29. The average molecular weight is 291 g/mol. The van der Waals surface area contributed by atoms with E-state index < -0.39 is 5.97 Å². The van der Waals surface area contributed by atoms with Crippen molar-refractivity contribution in [3.8, 4) is 0 Å². The number of carboxylic acids is 1. The Bertz CT molecular complexity index is 490. The molecule has 0 bridgehead atoms. The van der Waals surface area contributed by atoms with Gasteiger partial charge in [0.1, 0.15) is 0 Å². The molecule has 0 unspecified atom stereocenters. The number of benzene rings is 1. The zero-order chi connectivity index (χ0) is 15.2. The van der Waals surface area contributed by atoms with E-state index in [4.69, 9.17) is 9.84 Å². The quantitative estimate of drug-likeness (QED) is 0.900. The van der Waals surface area contributed by atoms with Gasteiger partial charge < -0.3 is 14.7 Å². The number of hydrogen-bond donors (Lipinski definition) is 1. The molecule has 0 radical (unpaired) electrons. The summed E-state index contributed by atoms with van der Waals surface area (Å²) in [6, 6.07) is 6.69. The van der Waals surface area contributed by atoms with Crippen molar-refractivity contribution >= 4 is 11.9 Å². The second-order valence-electron chi connectivity index (χ2n) is 5.32. The molecule has 0 spiro atoms. The number of nitrogens with zero attached hydrogens (tertiary/aromatic N) is 1. The number of ether oxygens (including phenoxy) is 1. The van der Waals surface area contributed by atoms with Gasteiger partial charge in [0.05, 0.1) is 11.7 Å². The molecule has 0 aromatic heterocycles. The van der Waals surface area contributed by atoms with Crippen LogP contribution in [0.4, 0.5) is 0 Å². The van der Waals surface area contributed by atoms with Crippen LogP contribution in [0.15, 0.2) is 24.3 Å². The lowest BCUT2D eigenvalue weighted by Gasteiger charge is -2.31. The minimum atomic E-state index is -0.932. The number of rotatable bonds is 5. The minimum absolute atomic E-state index is 0.159. The van der Waals surface area contributed by atoms with Crippen molar-refractivity contribution < 1.29 is 19.4 Å². The molecule has 1 fully saturated rings. The number of carboxylic acid groups (broad SMARTS) is 1. The molecule has 114 valence electrons. The molecule has 21 heavy (non-hydrogen) atoms. The van der Waals surface area contributed by atoms with E-state index in [1.807, 2.05) is 4.90 Å². The van der Waals surface area contributed by atoms with Gasteiger partial charge in [-0.2, -0.15) is 0 Å². The van der Waals surface area contributed by atoms with Crippen molar-refractivity contribution in [1.29, 1.82) is 0 Å². The number of hydrogen-bond acceptors (Lipinski definition) is 3. The Balaban J connectivity index is 1.80. The zero-order valence-electron chi connectivity index (χ0n) is 12.2. The molecule has 1 aliphatic heterocycles. The Morgan fingerprint density at radius 2 is 1.86 bits per heavy atom. The van der Waals surface area contributed by atoms with Gasteiger partial charge in [0.25, 0.3) is 0 Å². The summed E-state index contributed by atoms with van der Waals surface area (Å²) in [5, 5.41) is 8.83. The first-order chi connectivity index (χ1) is 10.1. The third-order valence-corrected chi connectivity index (χ3v) is 3.96. The molecular weight excluding hydrogens is 270 g/mol. The smallest absolute Gasteiger partial charge is 0.335 e. The van der Waals surface area contributed by atoms with Gasteiger partial charge in [-0.3, -0.25) is 4.79 Å². The molecule has 1 aromatic carbocycles. The largest absolute Gasteiger partial charge is 0.478 e. The molecule has 5 heteroatoms. The molecule has 1 saturated heterocycles. The Kier molecular flexibility index (Phi) is 5.33. The van der Waals surface area contributed by atoms with Crippen LogP contribution < -0.4 is 0 Å². The van der Waals surface area contributed by atoms with Crippen LogP contribution in [-0.2, 0) is 16.0 Å². The van der Waals surface area contributed by atoms with Crippen LogP contribution in [-0.4, -0.2) is 48.2 Å². The summed E-state index contributed by atoms with van der Waals surface area (Å²) in [6.45, 7) is 1.52. The fourth-order valence-electron chi connectivity index (χ4n) is 2.56. The minimum Gasteiger partial charge on any atom is -0.478 e. The van der Waals surface area contributed by atoms with Crippen LogP contribution in [0, 0.1) is 0 Å². The van der Waals surface area contributed by atoms with Crippen molar-refractivity contribution in [3.63, 3.8) is 0 Å². The SMILES string of the molecule is COC1CCN(C(=O)CCc2ccc(C(=O)O)cc2)CC1. The van der Waals surface area contributed by atoms with Crippen LogP contribution in [0.2, 0.25) is 0 Å². The molecule has 1 amide bonds. The van der Waals surface area contributed by atoms with Crippen molar-refractivity contribution in [2.45, 2.75) is 31.8 Å². The topological polar surface area (TPSA) is 66.8 Å². The van der Waals surface area contributed by atoms with E-state index >= 15 is 0 Å². The number of piperidine rings is 1. The van der Waals surface area contributed by atoms with Crippen molar-refractivity contribution in [3.05, 3.63) is 35.4 Å². The number of carbonyl (C=O) groups is 2. The van der Waals surface area contributed by atoms with Crippen LogP contribution in [0.3, 0.4) is 0 Å². The van der Waals surface area contributed by atoms with E-state index in [0.29, 0.717) is 12.8 Å². The Hall–Kier alpha value is -1.88. The lowest BCUT2D eigenvalue weighted by Crippen LogP contribution is -2.40. The van der Waals surface area contributed by atoms with Crippen LogP contribution in [0.5, 0.6) is 0 Å². The third kappa shape index (κ3) is 4.29. The van der Waals surface area contributed by atoms with Crippen molar-refractivity contribution in [2.75, 3.05) is 20.2 Å². The maximum atomic E-state index is 12.1. The predicted octanol–water partition coefficient (Wildman–Crippen LogP) is 1.95. The number of aryl methyl sites for hydroxylation is 1. The Morgan fingerprint density at radius 1 is 1.24 bits per heavy atom. The van der Waals surface area contributed by atoms with Crippen molar-refractivity contribution in [1.82, 2.24) is 4.90 Å². The number of carbonyl (C=O) groups excluding carboxylic acids is 1. The molecule has 2 rings (SSSR count). The summed E-state index contributed by atoms with van der Waals surface area (Å²) in [6.07, 6.45) is 3.18. The van der Waals surface area contributed by atoms with E-state index in [-0.39, 0.29) is 17.6 Å². The summed E-state index contributed by atoms with van der Waals surface area (Å²) in [7, 11) is 1.71. The fraction of sp³-hybridized carbons (Fsp3) is 0.500. The predicted molar refractivity (Wildman–Crippen MR) is 78.3 cm³/mol. The van der Waals surface area contributed by atoms with E-state index in [2.05, 4.69) is 0 Å². The van der Waals surface area contributed by atoms with E-state index in [1.54, 1.807) is 31.4 Å². The summed E-state index contributed by atoms with van der Waals surface area (Å²) in [4.78, 5) is 24.8. The monoisotopic (exact) mass is 291 g/mol. The molecule has 1 N–H and O–H groups in total. The normalized spacial score (nSPS) is 16.0. The van der Waals surface area contributed by atoms with E-state index in [0.717, 1.165) is 31.5 Å². The molecule has 0 aliphatic carbocycles. The van der Waals surface area contributed by atoms with Crippen LogP contribution in [0.1, 0.15) is 35.2 Å². The van der Waals surface area contributed by atoms with Crippen LogP contribution in [0.25, 0.3) is 0 Å². The fourth-order valence-corrected chi connectivity index (χ4v) is 2.56. The van der Waals surface area contributed by atoms with Gasteiger partial charge in [-0.15, -0.1) is 0 Å². The zero-order valence-corrected chi connectivity index (χ0v) is 12.2. The Labute approximate surface area is 124 Å². The molecular formula is C16H21NO4. The van der Waals surface area contributed by atoms with Gasteiger partial charge >= 0.3 is 5.97 Å². The average Bonchev–Trinajstić information content (AvgIpc) is 2.53. The molecule has 1 aromatic rings. The highest BCUT2D eigenvalue weighted by molar-refractivity contribution is 5.87. The maximum Gasteiger partial charge on any atom is 0.335 e. The maximum absolute atomic E-state index is 12.1. The summed E-state index contributed by atoms with van der Waals surface area (Å²) >= 11 is 0. The van der Waals surface area contributed by atoms with Gasteiger partial charge in [-0.1, -0.05) is 12.1 Å². The van der Waals surface area contributed by atoms with Gasteiger partial charge in [0.2, 0.25) is 5.91 Å². The number of amides is 1. The van der Waals surface area contributed by atoms with E-state index in [1.165, 1.54) is 0 Å². The van der Waals surface area contributed by atoms with Gasteiger partial charge in [-0.25, -0.2) is 4.79 Å². The Morgan fingerprint density at radius 3 is 2.38 bits per heavy atom.